The first-order valence-corrected chi connectivity index (χ1v) is 6.14. The molecule has 1 N–H and O–H groups in total. The number of rotatable bonds is 2. The smallest absolute Gasteiger partial charge is 0.167 e. The van der Waals surface area contributed by atoms with Crippen molar-refractivity contribution in [1.29, 1.82) is 5.26 Å². The predicted octanol–water partition coefficient (Wildman–Crippen LogP) is 2.57. The SMILES string of the molecule is Cc1nnc(NC2CCCC2C)c(C#N)c1C. The summed E-state index contributed by atoms with van der Waals surface area (Å²) in [7, 11) is 0. The first-order valence-electron chi connectivity index (χ1n) is 6.14. The third kappa shape index (κ3) is 2.23. The number of nitriles is 1. The van der Waals surface area contributed by atoms with Gasteiger partial charge in [0, 0.05) is 6.04 Å². The molecular weight excluding hydrogens is 212 g/mol. The topological polar surface area (TPSA) is 61.6 Å². The molecular formula is C13H18N4. The van der Waals surface area contributed by atoms with E-state index in [0.717, 1.165) is 17.7 Å². The third-order valence-electron chi connectivity index (χ3n) is 3.75. The summed E-state index contributed by atoms with van der Waals surface area (Å²) < 4.78 is 0. The average Bonchev–Trinajstić information content (AvgIpc) is 2.70. The van der Waals surface area contributed by atoms with Gasteiger partial charge in [0.1, 0.15) is 11.6 Å². The molecule has 4 heteroatoms. The van der Waals surface area contributed by atoms with Crippen LogP contribution in [-0.4, -0.2) is 16.2 Å². The van der Waals surface area contributed by atoms with Crippen molar-refractivity contribution in [3.05, 3.63) is 16.8 Å². The van der Waals surface area contributed by atoms with Crippen molar-refractivity contribution >= 4 is 5.82 Å². The minimum atomic E-state index is 0.429. The standard InChI is InChI=1S/C13H18N4/c1-8-5-4-6-12(8)15-13-11(7-14)9(2)10(3)16-17-13/h8,12H,4-6H2,1-3H3,(H,15,17). The molecule has 2 atom stereocenters. The maximum Gasteiger partial charge on any atom is 0.167 e. The molecule has 90 valence electrons. The molecule has 4 nitrogen and oxygen atoms in total. The van der Waals surface area contributed by atoms with E-state index in [2.05, 4.69) is 28.5 Å². The van der Waals surface area contributed by atoms with Gasteiger partial charge in [-0.1, -0.05) is 13.3 Å². The molecule has 0 aromatic carbocycles. The first-order chi connectivity index (χ1) is 8.13. The van der Waals surface area contributed by atoms with E-state index in [1.165, 1.54) is 12.8 Å². The minimum absolute atomic E-state index is 0.429. The van der Waals surface area contributed by atoms with Gasteiger partial charge in [-0.25, -0.2) is 0 Å². The fraction of sp³-hybridized carbons (Fsp3) is 0.615. The van der Waals surface area contributed by atoms with Crippen LogP contribution in [0.15, 0.2) is 0 Å². The summed E-state index contributed by atoms with van der Waals surface area (Å²) in [4.78, 5) is 0. The third-order valence-corrected chi connectivity index (χ3v) is 3.75. The number of hydrogen-bond acceptors (Lipinski definition) is 4. The zero-order chi connectivity index (χ0) is 12.4. The van der Waals surface area contributed by atoms with Gasteiger partial charge in [-0.05, 0) is 38.2 Å². The van der Waals surface area contributed by atoms with Gasteiger partial charge >= 0.3 is 0 Å². The predicted molar refractivity (Wildman–Crippen MR) is 66.6 cm³/mol. The number of hydrogen-bond donors (Lipinski definition) is 1. The Morgan fingerprint density at radius 1 is 1.29 bits per heavy atom. The summed E-state index contributed by atoms with van der Waals surface area (Å²) in [6.45, 7) is 6.04. The Kier molecular flexibility index (Phi) is 3.28. The van der Waals surface area contributed by atoms with Gasteiger partial charge in [0.05, 0.1) is 5.69 Å². The highest BCUT2D eigenvalue weighted by Crippen LogP contribution is 2.28. The summed E-state index contributed by atoms with van der Waals surface area (Å²) in [5.74, 6) is 1.29. The van der Waals surface area contributed by atoms with Gasteiger partial charge in [-0.15, -0.1) is 5.10 Å². The van der Waals surface area contributed by atoms with Crippen molar-refractivity contribution in [2.45, 2.75) is 46.1 Å². The Hall–Kier alpha value is -1.63. The molecule has 0 amide bonds. The first kappa shape index (κ1) is 11.8. The molecule has 1 aromatic heterocycles. The number of nitrogens with one attached hydrogen (secondary N) is 1. The number of aromatic nitrogens is 2. The second-order valence-electron chi connectivity index (χ2n) is 4.90. The van der Waals surface area contributed by atoms with Gasteiger partial charge in [0.2, 0.25) is 0 Å². The van der Waals surface area contributed by atoms with Crippen LogP contribution in [-0.2, 0) is 0 Å². The molecule has 1 heterocycles. The lowest BCUT2D eigenvalue weighted by Gasteiger charge is -2.19. The molecule has 0 bridgehead atoms. The highest BCUT2D eigenvalue weighted by atomic mass is 15.2. The Morgan fingerprint density at radius 2 is 2.06 bits per heavy atom. The molecule has 0 aliphatic heterocycles. The van der Waals surface area contributed by atoms with Crippen LogP contribution in [0.4, 0.5) is 5.82 Å². The van der Waals surface area contributed by atoms with Crippen molar-refractivity contribution in [2.24, 2.45) is 5.92 Å². The van der Waals surface area contributed by atoms with Crippen LogP contribution in [0.2, 0.25) is 0 Å². The zero-order valence-electron chi connectivity index (χ0n) is 10.6. The fourth-order valence-corrected chi connectivity index (χ4v) is 2.38. The fourth-order valence-electron chi connectivity index (χ4n) is 2.38. The molecule has 1 saturated carbocycles. The molecule has 1 aliphatic carbocycles. The van der Waals surface area contributed by atoms with Crippen molar-refractivity contribution in [2.75, 3.05) is 5.32 Å². The Balaban J connectivity index is 2.27. The quantitative estimate of drug-likeness (QED) is 0.848. The number of anilines is 1. The van der Waals surface area contributed by atoms with Gasteiger partial charge in [0.15, 0.2) is 5.82 Å². The molecule has 1 aliphatic rings. The Bertz CT molecular complexity index is 461. The van der Waals surface area contributed by atoms with Crippen molar-refractivity contribution in [3.8, 4) is 6.07 Å². The van der Waals surface area contributed by atoms with E-state index in [0.29, 0.717) is 23.3 Å². The van der Waals surface area contributed by atoms with Crippen LogP contribution in [0.3, 0.4) is 0 Å². The number of nitrogens with zero attached hydrogens (tertiary/aromatic N) is 3. The van der Waals surface area contributed by atoms with Gasteiger partial charge in [-0.2, -0.15) is 10.4 Å². The van der Waals surface area contributed by atoms with E-state index in [9.17, 15) is 5.26 Å². The summed E-state index contributed by atoms with van der Waals surface area (Å²) in [5, 5.41) is 20.8. The Labute approximate surface area is 102 Å². The van der Waals surface area contributed by atoms with E-state index in [-0.39, 0.29) is 0 Å². The molecule has 0 spiro atoms. The second kappa shape index (κ2) is 4.70. The van der Waals surface area contributed by atoms with Gasteiger partial charge in [-0.3, -0.25) is 0 Å². The Morgan fingerprint density at radius 3 is 2.65 bits per heavy atom. The van der Waals surface area contributed by atoms with Gasteiger partial charge in [0.25, 0.3) is 0 Å². The van der Waals surface area contributed by atoms with Crippen molar-refractivity contribution < 1.29 is 0 Å². The van der Waals surface area contributed by atoms with Crippen molar-refractivity contribution in [3.63, 3.8) is 0 Å². The maximum atomic E-state index is 9.21. The second-order valence-corrected chi connectivity index (χ2v) is 4.90. The van der Waals surface area contributed by atoms with Crippen LogP contribution in [0.25, 0.3) is 0 Å². The molecule has 1 fully saturated rings. The van der Waals surface area contributed by atoms with Crippen LogP contribution >= 0.6 is 0 Å². The molecule has 0 saturated heterocycles. The average molecular weight is 230 g/mol. The lowest BCUT2D eigenvalue weighted by atomic mass is 10.1. The lowest BCUT2D eigenvalue weighted by Crippen LogP contribution is -2.23. The molecule has 2 rings (SSSR count). The van der Waals surface area contributed by atoms with Crippen LogP contribution in [0, 0.1) is 31.1 Å². The van der Waals surface area contributed by atoms with Crippen LogP contribution in [0.5, 0.6) is 0 Å². The summed E-state index contributed by atoms with van der Waals surface area (Å²) in [6, 6.07) is 2.66. The highest BCUT2D eigenvalue weighted by molar-refractivity contribution is 5.56. The highest BCUT2D eigenvalue weighted by Gasteiger charge is 2.24. The summed E-state index contributed by atoms with van der Waals surface area (Å²) in [5.41, 5.74) is 2.39. The van der Waals surface area contributed by atoms with E-state index in [1.54, 1.807) is 0 Å². The molecule has 0 radical (unpaired) electrons. The minimum Gasteiger partial charge on any atom is -0.364 e. The zero-order valence-corrected chi connectivity index (χ0v) is 10.6. The van der Waals surface area contributed by atoms with Crippen LogP contribution < -0.4 is 5.32 Å². The maximum absolute atomic E-state index is 9.21. The largest absolute Gasteiger partial charge is 0.364 e. The van der Waals surface area contributed by atoms with E-state index >= 15 is 0 Å². The van der Waals surface area contributed by atoms with E-state index < -0.39 is 0 Å². The van der Waals surface area contributed by atoms with Crippen molar-refractivity contribution in [1.82, 2.24) is 10.2 Å². The normalized spacial score (nSPS) is 23.4. The van der Waals surface area contributed by atoms with Gasteiger partial charge < -0.3 is 5.32 Å². The number of aryl methyl sites for hydroxylation is 1. The molecule has 17 heavy (non-hydrogen) atoms. The molecule has 2 unspecified atom stereocenters. The summed E-state index contributed by atoms with van der Waals surface area (Å²) >= 11 is 0. The van der Waals surface area contributed by atoms with E-state index in [4.69, 9.17) is 0 Å². The lowest BCUT2D eigenvalue weighted by molar-refractivity contribution is 0.554. The monoisotopic (exact) mass is 230 g/mol. The molecule has 1 aromatic rings. The summed E-state index contributed by atoms with van der Waals surface area (Å²) in [6.07, 6.45) is 3.65. The van der Waals surface area contributed by atoms with Crippen LogP contribution in [0.1, 0.15) is 43.0 Å². The van der Waals surface area contributed by atoms with E-state index in [1.807, 2.05) is 13.8 Å².